The second kappa shape index (κ2) is 14.0. The summed E-state index contributed by atoms with van der Waals surface area (Å²) in [6, 6.07) is 10.8. The molecule has 3 N–H and O–H groups in total. The first kappa shape index (κ1) is 29.9. The zero-order chi connectivity index (χ0) is 28.6. The lowest BCUT2D eigenvalue weighted by molar-refractivity contribution is -0.126. The number of aliphatic hydroxyl groups excluding tert-OH is 1. The highest BCUT2D eigenvalue weighted by Gasteiger charge is 2.41. The van der Waals surface area contributed by atoms with Gasteiger partial charge >= 0.3 is 6.03 Å². The molecule has 0 radical (unpaired) electrons. The van der Waals surface area contributed by atoms with Crippen molar-refractivity contribution in [3.8, 4) is 0 Å². The molecule has 2 saturated heterocycles. The van der Waals surface area contributed by atoms with E-state index in [0.29, 0.717) is 31.7 Å². The molecule has 0 aromatic heterocycles. The van der Waals surface area contributed by atoms with E-state index in [1.54, 1.807) is 11.9 Å². The Balaban J connectivity index is 1.43. The van der Waals surface area contributed by atoms with E-state index in [1.807, 2.05) is 30.3 Å². The van der Waals surface area contributed by atoms with Gasteiger partial charge in [0.2, 0.25) is 5.91 Å². The van der Waals surface area contributed by atoms with Gasteiger partial charge in [-0.2, -0.15) is 0 Å². The predicted molar refractivity (Wildman–Crippen MR) is 147 cm³/mol. The molecule has 0 spiro atoms. The molecule has 40 heavy (non-hydrogen) atoms. The molecule has 0 saturated carbocycles. The Labute approximate surface area is 234 Å². The third-order valence-electron chi connectivity index (χ3n) is 7.75. The number of unbranched alkanes of at least 4 members (excludes halogenated alkanes) is 2. The van der Waals surface area contributed by atoms with Crippen molar-refractivity contribution in [2.45, 2.75) is 76.0 Å². The van der Waals surface area contributed by atoms with E-state index in [4.69, 9.17) is 4.74 Å². The Kier molecular flexibility index (Phi) is 10.5. The number of halogens is 2. The summed E-state index contributed by atoms with van der Waals surface area (Å²) in [6.45, 7) is 3.87. The van der Waals surface area contributed by atoms with Crippen molar-refractivity contribution in [3.63, 3.8) is 0 Å². The van der Waals surface area contributed by atoms with Crippen LogP contribution in [0.1, 0.15) is 43.7 Å². The van der Waals surface area contributed by atoms with E-state index < -0.39 is 41.8 Å². The Bertz CT molecular complexity index is 1120. The summed E-state index contributed by atoms with van der Waals surface area (Å²) in [5.41, 5.74) is 1.36. The minimum Gasteiger partial charge on any atom is -0.389 e. The van der Waals surface area contributed by atoms with Gasteiger partial charge in [0.15, 0.2) is 0 Å². The van der Waals surface area contributed by atoms with E-state index in [9.17, 15) is 23.5 Å². The quantitative estimate of drug-likeness (QED) is 0.329. The molecule has 218 valence electrons. The molecular formula is C30H40F2N4O4. The van der Waals surface area contributed by atoms with Gasteiger partial charge in [0.25, 0.3) is 0 Å². The lowest BCUT2D eigenvalue weighted by Gasteiger charge is -2.30. The number of ether oxygens (including phenoxy) is 1. The monoisotopic (exact) mass is 558 g/mol. The smallest absolute Gasteiger partial charge is 0.320 e. The number of urea groups is 1. The Hall–Kier alpha value is -3.08. The maximum absolute atomic E-state index is 14.0. The van der Waals surface area contributed by atoms with Gasteiger partial charge in [-0.05, 0) is 42.5 Å². The molecular weight excluding hydrogens is 518 g/mol. The number of hydrogen-bond acceptors (Lipinski definition) is 5. The van der Waals surface area contributed by atoms with Crippen molar-refractivity contribution in [2.75, 3.05) is 26.7 Å². The first-order valence-electron chi connectivity index (χ1n) is 14.1. The van der Waals surface area contributed by atoms with E-state index in [1.165, 1.54) is 17.0 Å². The van der Waals surface area contributed by atoms with Crippen LogP contribution in [0.5, 0.6) is 0 Å². The van der Waals surface area contributed by atoms with Crippen LogP contribution in [-0.4, -0.2) is 83.9 Å². The number of amides is 3. The fraction of sp³-hybridized carbons (Fsp3) is 0.533. The summed E-state index contributed by atoms with van der Waals surface area (Å²) in [6.07, 6.45) is 2.19. The van der Waals surface area contributed by atoms with Crippen LogP contribution in [-0.2, 0) is 22.6 Å². The molecule has 1 unspecified atom stereocenters. The largest absolute Gasteiger partial charge is 0.389 e. The number of carbonyl (C=O) groups is 2. The van der Waals surface area contributed by atoms with E-state index in [-0.39, 0.29) is 25.1 Å². The molecule has 2 aromatic rings. The fourth-order valence-corrected chi connectivity index (χ4v) is 5.47. The second-order valence-corrected chi connectivity index (χ2v) is 10.8. The molecule has 2 aromatic carbocycles. The Morgan fingerprint density at radius 1 is 1.15 bits per heavy atom. The standard InChI is InChI=1S/C30H40F2N4O4/c1-3-4-8-11-36-18-27(35(2)30(36)39)29(38)34-26(14-21-12-22(31)15-23(32)13-21)28(37)25-16-24(17-33-25)40-19-20-9-6-5-7-10-20/h5-7,9-10,12-13,15,24-28,33,37H,3-4,8,11,14,16-19H2,1-2H3,(H,34,38)/t24-,25-,26+,27?,28-/m1/s1. The van der Waals surface area contributed by atoms with Crippen LogP contribution in [0.4, 0.5) is 13.6 Å². The first-order valence-corrected chi connectivity index (χ1v) is 14.1. The van der Waals surface area contributed by atoms with Crippen molar-refractivity contribution >= 4 is 11.9 Å². The minimum atomic E-state index is -1.07. The van der Waals surface area contributed by atoms with E-state index in [2.05, 4.69) is 17.6 Å². The highest BCUT2D eigenvalue weighted by Crippen LogP contribution is 2.21. The van der Waals surface area contributed by atoms with Crippen LogP contribution < -0.4 is 10.6 Å². The number of nitrogens with zero attached hydrogens (tertiary/aromatic N) is 2. The molecule has 2 aliphatic heterocycles. The van der Waals surface area contributed by atoms with Crippen LogP contribution in [0.3, 0.4) is 0 Å². The van der Waals surface area contributed by atoms with Gasteiger partial charge in [0, 0.05) is 32.2 Å². The zero-order valence-corrected chi connectivity index (χ0v) is 23.2. The summed E-state index contributed by atoms with van der Waals surface area (Å²) < 4.78 is 34.0. The van der Waals surface area contributed by atoms with Gasteiger partial charge < -0.3 is 30.3 Å². The van der Waals surface area contributed by atoms with Gasteiger partial charge in [-0.15, -0.1) is 0 Å². The average Bonchev–Trinajstić information content (AvgIpc) is 3.52. The summed E-state index contributed by atoms with van der Waals surface area (Å²) in [4.78, 5) is 29.2. The highest BCUT2D eigenvalue weighted by atomic mass is 19.1. The number of hydrogen-bond donors (Lipinski definition) is 3. The molecule has 2 aliphatic rings. The average molecular weight is 559 g/mol. The van der Waals surface area contributed by atoms with Crippen molar-refractivity contribution < 1.29 is 28.2 Å². The fourth-order valence-electron chi connectivity index (χ4n) is 5.47. The highest BCUT2D eigenvalue weighted by molar-refractivity contribution is 5.90. The topological polar surface area (TPSA) is 94.1 Å². The van der Waals surface area contributed by atoms with Crippen molar-refractivity contribution in [1.29, 1.82) is 0 Å². The zero-order valence-electron chi connectivity index (χ0n) is 23.2. The summed E-state index contributed by atoms with van der Waals surface area (Å²) in [7, 11) is 1.59. The Morgan fingerprint density at radius 2 is 1.88 bits per heavy atom. The maximum atomic E-state index is 14.0. The SMILES string of the molecule is CCCCCN1CC(C(=O)N[C@@H](Cc2cc(F)cc(F)c2)[C@H](O)[C@H]2C[C@@H](OCc3ccccc3)CN2)N(C)C1=O. The Morgan fingerprint density at radius 3 is 2.58 bits per heavy atom. The minimum absolute atomic E-state index is 0.0138. The lowest BCUT2D eigenvalue weighted by Crippen LogP contribution is -2.56. The van der Waals surface area contributed by atoms with Crippen molar-refractivity contribution in [2.24, 2.45) is 0 Å². The second-order valence-electron chi connectivity index (χ2n) is 10.8. The number of rotatable bonds is 13. The molecule has 0 aliphatic carbocycles. The number of benzene rings is 2. The van der Waals surface area contributed by atoms with Gasteiger partial charge in [-0.1, -0.05) is 50.1 Å². The molecule has 4 rings (SSSR count). The lowest BCUT2D eigenvalue weighted by atomic mass is 9.94. The van der Waals surface area contributed by atoms with Gasteiger partial charge in [-0.25, -0.2) is 13.6 Å². The van der Waals surface area contributed by atoms with E-state index in [0.717, 1.165) is 30.9 Å². The molecule has 2 fully saturated rings. The van der Waals surface area contributed by atoms with Gasteiger partial charge in [0.1, 0.15) is 17.7 Å². The molecule has 2 heterocycles. The number of likely N-dealkylation sites (N-methyl/N-ethyl adjacent to an activating group) is 1. The summed E-state index contributed by atoms with van der Waals surface area (Å²) in [5, 5.41) is 17.6. The first-order chi connectivity index (χ1) is 19.2. The predicted octanol–water partition coefficient (Wildman–Crippen LogP) is 3.23. The van der Waals surface area contributed by atoms with Crippen molar-refractivity contribution in [3.05, 3.63) is 71.3 Å². The maximum Gasteiger partial charge on any atom is 0.320 e. The molecule has 0 bridgehead atoms. The molecule has 8 nitrogen and oxygen atoms in total. The third kappa shape index (κ3) is 7.77. The normalized spacial score (nSPS) is 22.5. The van der Waals surface area contributed by atoms with Crippen LogP contribution in [0.25, 0.3) is 0 Å². The third-order valence-corrected chi connectivity index (χ3v) is 7.75. The van der Waals surface area contributed by atoms with Crippen LogP contribution in [0.15, 0.2) is 48.5 Å². The molecule has 10 heteroatoms. The number of carbonyl (C=O) groups excluding carboxylic acids is 2. The summed E-state index contributed by atoms with van der Waals surface area (Å²) >= 11 is 0. The van der Waals surface area contributed by atoms with Gasteiger partial charge in [-0.3, -0.25) is 4.79 Å². The van der Waals surface area contributed by atoms with Crippen LogP contribution in [0.2, 0.25) is 0 Å². The van der Waals surface area contributed by atoms with Gasteiger partial charge in [0.05, 0.1) is 31.4 Å². The van der Waals surface area contributed by atoms with Crippen LogP contribution in [0, 0.1) is 11.6 Å². The number of aliphatic hydroxyl groups is 1. The van der Waals surface area contributed by atoms with E-state index >= 15 is 0 Å². The number of nitrogens with one attached hydrogen (secondary N) is 2. The van der Waals surface area contributed by atoms with Crippen LogP contribution >= 0.6 is 0 Å². The molecule has 5 atom stereocenters. The molecule has 3 amide bonds. The summed E-state index contributed by atoms with van der Waals surface area (Å²) in [5.74, 6) is -1.87. The van der Waals surface area contributed by atoms with Crippen molar-refractivity contribution in [1.82, 2.24) is 20.4 Å².